The van der Waals surface area contributed by atoms with Gasteiger partial charge < -0.3 is 64.3 Å². The van der Waals surface area contributed by atoms with Gasteiger partial charge in [-0.25, -0.2) is 44.9 Å². The third-order valence-corrected chi connectivity index (χ3v) is 18.9. The Morgan fingerprint density at radius 1 is 0.408 bits per heavy atom. The van der Waals surface area contributed by atoms with Crippen molar-refractivity contribution in [2.45, 2.75) is 84.6 Å². The molecule has 0 aliphatic heterocycles. The van der Waals surface area contributed by atoms with E-state index in [2.05, 4.69) is 75.8 Å². The number of halogens is 10. The second kappa shape index (κ2) is 41.0. The third-order valence-electron chi connectivity index (χ3n) is 18.9. The molecule has 9 aromatic heterocycles. The van der Waals surface area contributed by atoms with Crippen LogP contribution in [0.4, 0.5) is 74.4 Å². The summed E-state index contributed by atoms with van der Waals surface area (Å²) in [5.74, 6) is -0.154. The van der Waals surface area contributed by atoms with Crippen molar-refractivity contribution in [1.29, 1.82) is 0 Å². The first-order valence-corrected chi connectivity index (χ1v) is 37.3. The molecule has 0 aliphatic carbocycles. The monoisotopic (exact) mass is 1780 g/mol. The summed E-state index contributed by atoms with van der Waals surface area (Å²) in [6.45, 7) is 8.58. The van der Waals surface area contributed by atoms with Gasteiger partial charge in [0.1, 0.15) is 12.0 Å². The van der Waals surface area contributed by atoms with Gasteiger partial charge in [-0.05, 0) is 195 Å². The van der Waals surface area contributed by atoms with Crippen LogP contribution in [-0.2, 0) is 37.8 Å². The number of rotatable bonds is 24. The summed E-state index contributed by atoms with van der Waals surface area (Å²) < 4.78 is 127. The molecule has 35 heteroatoms. The number of ketones is 3. The number of nitrogens with zero attached hydrogens (tertiary/aromatic N) is 15. The first kappa shape index (κ1) is 93.5. The Kier molecular flexibility index (Phi) is 30.6. The number of carbonyl (C=O) groups excluding carboxylic acids is 4. The zero-order valence-electron chi connectivity index (χ0n) is 67.3. The van der Waals surface area contributed by atoms with Crippen molar-refractivity contribution >= 4 is 81.6 Å². The van der Waals surface area contributed by atoms with Crippen molar-refractivity contribution < 1.29 is 85.9 Å². The van der Waals surface area contributed by atoms with Crippen molar-refractivity contribution in [1.82, 2.24) is 73.5 Å². The van der Waals surface area contributed by atoms with Crippen LogP contribution in [0.5, 0.6) is 0 Å². The van der Waals surface area contributed by atoms with E-state index in [1.807, 2.05) is 39.0 Å². The van der Waals surface area contributed by atoms with E-state index in [4.69, 9.17) is 0 Å². The number of pyridine rings is 3. The van der Waals surface area contributed by atoms with E-state index in [0.29, 0.717) is 86.4 Å². The van der Waals surface area contributed by atoms with Gasteiger partial charge in [0.15, 0.2) is 23.6 Å². The van der Waals surface area contributed by atoms with Crippen LogP contribution >= 0.6 is 0 Å². The summed E-state index contributed by atoms with van der Waals surface area (Å²) in [5.41, 5.74) is 8.67. The third kappa shape index (κ3) is 24.4. The Labute approximate surface area is 736 Å². The second-order valence-corrected chi connectivity index (χ2v) is 28.0. The maximum atomic E-state index is 13.7. The van der Waals surface area contributed by atoms with Gasteiger partial charge in [-0.15, -0.1) is 0 Å². The quantitative estimate of drug-likeness (QED) is 0.0123. The number of Topliss-reactive ketones (excluding diaryl/α,β-unsaturated/α-hetero) is 3. The Morgan fingerprint density at radius 2 is 0.712 bits per heavy atom. The average Bonchev–Trinajstić information content (AvgIpc) is 1.80. The zero-order valence-corrected chi connectivity index (χ0v) is 70.3. The standard InChI is InChI=1S/2C30H25F3N6O2.C29H21F3N6O2.CH3.BrH.Mg/c2*1-18-5-6-21(13-26(18)38-29-35-9-7-25(37-29)22-4-3-8-34-15-22)28(41)12-20-10-23(30(31,32)33)14-24(11-20)39-16-27(19(2)40)36-17-39;1-18-4-5-20(12-26(18)37-28-34-8-6-25(36-28)21-3-2-7-33-14-21)27(40)11-19-9-22(29(30,31)32)13-24(10-19)38-15-23(16-39)35-17-38;;;/h2*3-11,13-17,19,40H,12H2,1-2H3,(H,35,37,38);2-10,12-17H,11H2,1H3,(H,34,36,37);1H3;1H;/q;;;-1;;+2/p-1/t2*19-;;;;/m10..../s1. The number of carbonyl (C=O) groups is 4. The zero-order chi connectivity index (χ0) is 86.6. The molecule has 0 bridgehead atoms. The molecule has 0 unspecified atom stereocenters. The number of anilines is 6. The first-order chi connectivity index (χ1) is 58.3. The molecule has 6 aromatic carbocycles. The van der Waals surface area contributed by atoms with Crippen LogP contribution in [0.2, 0.25) is 0 Å². The Bertz CT molecular complexity index is 6070. The Balaban J connectivity index is 0.000000194. The van der Waals surface area contributed by atoms with Crippen molar-refractivity contribution in [2.75, 3.05) is 16.0 Å². The molecule has 9 heterocycles. The second-order valence-electron chi connectivity index (χ2n) is 28.0. The maximum absolute atomic E-state index is 13.7. The molecule has 125 heavy (non-hydrogen) atoms. The van der Waals surface area contributed by atoms with Gasteiger partial charge in [0.05, 0.1) is 70.0 Å². The number of aliphatic hydroxyl groups is 2. The molecule has 0 amide bonds. The summed E-state index contributed by atoms with van der Waals surface area (Å²) in [6, 6.07) is 41.6. The van der Waals surface area contributed by atoms with Crippen LogP contribution in [0, 0.1) is 28.2 Å². The van der Waals surface area contributed by atoms with E-state index in [9.17, 15) is 68.9 Å². The van der Waals surface area contributed by atoms with Crippen LogP contribution in [-0.4, -0.2) is 130 Å². The molecule has 0 fully saturated rings. The van der Waals surface area contributed by atoms with Crippen LogP contribution < -0.4 is 32.9 Å². The van der Waals surface area contributed by atoms with E-state index in [-0.39, 0.29) is 124 Å². The number of hydrogen-bond acceptors (Lipinski definition) is 21. The van der Waals surface area contributed by atoms with E-state index >= 15 is 0 Å². The summed E-state index contributed by atoms with van der Waals surface area (Å²) in [6.07, 6.45) is 7.08. The van der Waals surface area contributed by atoms with Gasteiger partial charge >= 0.3 is 41.6 Å². The van der Waals surface area contributed by atoms with Gasteiger partial charge in [0, 0.05) is 161 Å². The number of hydrogen-bond donors (Lipinski definition) is 5. The van der Waals surface area contributed by atoms with Gasteiger partial charge in [-0.2, -0.15) is 39.5 Å². The fourth-order valence-electron chi connectivity index (χ4n) is 12.5. The van der Waals surface area contributed by atoms with E-state index < -0.39 is 47.4 Å². The van der Waals surface area contributed by atoms with Crippen molar-refractivity contribution in [3.63, 3.8) is 0 Å². The summed E-state index contributed by atoms with van der Waals surface area (Å²) in [5, 5.41) is 28.9. The average molecular weight is 1780 g/mol. The molecule has 0 spiro atoms. The topological polar surface area (TPSA) is 314 Å². The van der Waals surface area contributed by atoms with Crippen LogP contribution in [0.3, 0.4) is 0 Å². The number of nitrogens with one attached hydrogen (secondary N) is 3. The molecule has 0 radical (unpaired) electrons. The SMILES string of the molecule is Cc1ccc(C(=O)Cc2cc(-n3cnc(C=O)c3)cc(C(F)(F)F)c2)cc1Nc1nccc(-c2cccnc2)n1.Cc1ccc(C(=O)Cc2cc(-n3cnc([C@@H](C)O)c3)cc(C(F)(F)F)c2)cc1Nc1nccc(-c2cccnc2)n1.Cc1ccc(C(=O)Cc2cc(-n3cnc([C@H](C)O)c3)cc(C(F)(F)F)c2)cc1Nc1nccc(-c2cccnc2)n1.[Br-].[CH3-].[Mg+2]. The first-order valence-electron chi connectivity index (χ1n) is 37.3. The van der Waals surface area contributed by atoms with E-state index in [0.717, 1.165) is 69.8 Å². The van der Waals surface area contributed by atoms with Crippen LogP contribution in [0.15, 0.2) is 257 Å². The predicted octanol–water partition coefficient (Wildman–Crippen LogP) is 15.7. The van der Waals surface area contributed by atoms with E-state index in [1.54, 1.807) is 147 Å². The number of aryl methyl sites for hydroxylation is 3. The minimum absolute atomic E-state index is 0. The van der Waals surface area contributed by atoms with E-state index in [1.165, 1.54) is 83.3 Å². The van der Waals surface area contributed by atoms with Gasteiger partial charge in [0.2, 0.25) is 17.8 Å². The van der Waals surface area contributed by atoms with Crippen molar-refractivity contribution in [3.8, 4) is 50.8 Å². The molecule has 15 aromatic rings. The number of aromatic nitrogens is 15. The minimum atomic E-state index is -4.63. The summed E-state index contributed by atoms with van der Waals surface area (Å²) >= 11 is 0. The number of benzene rings is 6. The molecule has 0 aliphatic rings. The fourth-order valence-corrected chi connectivity index (χ4v) is 12.5. The molecule has 2 atom stereocenters. The smallest absolute Gasteiger partial charge is 1.00 e. The van der Waals surface area contributed by atoms with Crippen LogP contribution in [0.25, 0.3) is 50.8 Å². The fraction of sp³-hybridized carbons (Fsp3) is 0.144. The van der Waals surface area contributed by atoms with Gasteiger partial charge in [0.25, 0.3) is 0 Å². The molecule has 0 saturated heterocycles. The largest absolute Gasteiger partial charge is 2.00 e. The summed E-state index contributed by atoms with van der Waals surface area (Å²) in [7, 11) is 0. The summed E-state index contributed by atoms with van der Waals surface area (Å²) in [4.78, 5) is 101. The molecule has 632 valence electrons. The predicted molar refractivity (Wildman–Crippen MR) is 448 cm³/mol. The number of imidazole rings is 3. The van der Waals surface area contributed by atoms with Gasteiger partial charge in [-0.1, -0.05) is 36.4 Å². The van der Waals surface area contributed by atoms with Gasteiger partial charge in [-0.3, -0.25) is 34.1 Å². The molecule has 0 saturated carbocycles. The molecule has 5 N–H and O–H groups in total. The maximum Gasteiger partial charge on any atom is 2.00 e. The number of aldehydes is 1. The number of aliphatic hydroxyl groups excluding tert-OH is 2. The normalized spacial score (nSPS) is 11.6. The van der Waals surface area contributed by atoms with Crippen LogP contribution in [0.1, 0.15) is 129 Å². The van der Waals surface area contributed by atoms with Crippen molar-refractivity contribution in [2.24, 2.45) is 0 Å². The molecule has 24 nitrogen and oxygen atoms in total. The Morgan fingerprint density at radius 3 is 0.976 bits per heavy atom. The Hall–Kier alpha value is -13.7. The molecule has 15 rings (SSSR count). The minimum Gasteiger partial charge on any atom is -1.00 e. The molecular formula is C90H74BrF9MgN18O6. The van der Waals surface area contributed by atoms with Crippen molar-refractivity contribution in [3.05, 3.63) is 348 Å². The number of alkyl halides is 9. The molecular weight excluding hydrogens is 1700 g/mol.